The SMILES string of the molecule is CC(C)Nc1ncnc2c1cnn2-c1ccccc1F. The van der Waals surface area contributed by atoms with Gasteiger partial charge in [0, 0.05) is 6.04 Å². The van der Waals surface area contributed by atoms with Crippen LogP contribution in [0.2, 0.25) is 0 Å². The molecule has 0 fully saturated rings. The molecule has 0 aliphatic carbocycles. The van der Waals surface area contributed by atoms with Crippen molar-refractivity contribution in [2.24, 2.45) is 0 Å². The highest BCUT2D eigenvalue weighted by Gasteiger charge is 2.13. The van der Waals surface area contributed by atoms with Crippen molar-refractivity contribution in [3.8, 4) is 5.69 Å². The zero-order chi connectivity index (χ0) is 14.1. The molecule has 102 valence electrons. The summed E-state index contributed by atoms with van der Waals surface area (Å²) < 4.78 is 15.4. The maximum atomic E-state index is 13.9. The van der Waals surface area contributed by atoms with Crippen LogP contribution >= 0.6 is 0 Å². The fourth-order valence-electron chi connectivity index (χ4n) is 2.03. The Morgan fingerprint density at radius 3 is 2.75 bits per heavy atom. The van der Waals surface area contributed by atoms with Crippen LogP contribution in [0.4, 0.5) is 10.2 Å². The molecule has 2 aromatic heterocycles. The summed E-state index contributed by atoms with van der Waals surface area (Å²) in [5.41, 5.74) is 0.949. The van der Waals surface area contributed by atoms with Crippen LogP contribution in [0.15, 0.2) is 36.8 Å². The second kappa shape index (κ2) is 4.88. The second-order valence-corrected chi connectivity index (χ2v) is 4.77. The number of fused-ring (bicyclic) bond motifs is 1. The first-order valence-corrected chi connectivity index (χ1v) is 6.37. The summed E-state index contributed by atoms with van der Waals surface area (Å²) >= 11 is 0. The molecular formula is C14H14FN5. The molecule has 6 heteroatoms. The highest BCUT2D eigenvalue weighted by Crippen LogP contribution is 2.23. The van der Waals surface area contributed by atoms with Crippen LogP contribution in [0.3, 0.4) is 0 Å². The third-order valence-corrected chi connectivity index (χ3v) is 2.87. The number of hydrogen-bond donors (Lipinski definition) is 1. The van der Waals surface area contributed by atoms with Crippen LogP contribution in [0.25, 0.3) is 16.7 Å². The van der Waals surface area contributed by atoms with Gasteiger partial charge in [-0.3, -0.25) is 0 Å². The van der Waals surface area contributed by atoms with Crippen molar-refractivity contribution in [3.63, 3.8) is 0 Å². The topological polar surface area (TPSA) is 55.6 Å². The van der Waals surface area contributed by atoms with Crippen molar-refractivity contribution in [3.05, 3.63) is 42.6 Å². The van der Waals surface area contributed by atoms with Gasteiger partial charge >= 0.3 is 0 Å². The monoisotopic (exact) mass is 271 g/mol. The summed E-state index contributed by atoms with van der Waals surface area (Å²) in [4.78, 5) is 8.42. The highest BCUT2D eigenvalue weighted by atomic mass is 19.1. The van der Waals surface area contributed by atoms with E-state index >= 15 is 0 Å². The van der Waals surface area contributed by atoms with E-state index in [4.69, 9.17) is 0 Å². The Morgan fingerprint density at radius 2 is 2.00 bits per heavy atom. The summed E-state index contributed by atoms with van der Waals surface area (Å²) in [7, 11) is 0. The third kappa shape index (κ3) is 2.09. The molecule has 0 bridgehead atoms. The minimum atomic E-state index is -0.338. The van der Waals surface area contributed by atoms with Crippen LogP contribution in [-0.4, -0.2) is 25.8 Å². The predicted octanol–water partition coefficient (Wildman–Crippen LogP) is 2.77. The molecule has 0 spiro atoms. The molecule has 0 aliphatic rings. The first kappa shape index (κ1) is 12.5. The summed E-state index contributed by atoms with van der Waals surface area (Å²) in [5, 5.41) is 8.23. The Kier molecular flexibility index (Phi) is 3.06. The van der Waals surface area contributed by atoms with Crippen LogP contribution in [0.1, 0.15) is 13.8 Å². The van der Waals surface area contributed by atoms with Gasteiger partial charge in [0.1, 0.15) is 23.6 Å². The molecule has 0 unspecified atom stereocenters. The molecule has 3 aromatic rings. The van der Waals surface area contributed by atoms with E-state index in [1.807, 2.05) is 13.8 Å². The smallest absolute Gasteiger partial charge is 0.168 e. The Labute approximate surface area is 115 Å². The van der Waals surface area contributed by atoms with E-state index in [9.17, 15) is 4.39 Å². The molecule has 0 atom stereocenters. The Bertz CT molecular complexity index is 750. The minimum Gasteiger partial charge on any atom is -0.367 e. The van der Waals surface area contributed by atoms with Gasteiger partial charge in [0.2, 0.25) is 0 Å². The Balaban J connectivity index is 2.18. The van der Waals surface area contributed by atoms with Crippen molar-refractivity contribution in [2.45, 2.75) is 19.9 Å². The molecule has 3 rings (SSSR count). The van der Waals surface area contributed by atoms with Gasteiger partial charge in [-0.25, -0.2) is 19.0 Å². The van der Waals surface area contributed by atoms with E-state index < -0.39 is 0 Å². The van der Waals surface area contributed by atoms with E-state index in [0.717, 1.165) is 5.39 Å². The molecule has 2 heterocycles. The fourth-order valence-corrected chi connectivity index (χ4v) is 2.03. The number of rotatable bonds is 3. The lowest BCUT2D eigenvalue weighted by atomic mass is 10.3. The molecule has 0 saturated heterocycles. The summed E-state index contributed by atoms with van der Waals surface area (Å²) in [6, 6.07) is 6.72. The van der Waals surface area contributed by atoms with Gasteiger partial charge < -0.3 is 5.32 Å². The molecule has 0 aliphatic heterocycles. The summed E-state index contributed by atoms with van der Waals surface area (Å²) in [6.07, 6.45) is 3.10. The fraction of sp³-hybridized carbons (Fsp3) is 0.214. The highest BCUT2D eigenvalue weighted by molar-refractivity contribution is 5.87. The minimum absolute atomic E-state index is 0.241. The maximum absolute atomic E-state index is 13.9. The predicted molar refractivity (Wildman–Crippen MR) is 75.4 cm³/mol. The molecule has 1 aromatic carbocycles. The quantitative estimate of drug-likeness (QED) is 0.795. The van der Waals surface area contributed by atoms with E-state index in [-0.39, 0.29) is 11.9 Å². The number of aromatic nitrogens is 4. The van der Waals surface area contributed by atoms with Gasteiger partial charge in [-0.1, -0.05) is 12.1 Å². The lowest BCUT2D eigenvalue weighted by molar-refractivity contribution is 0.612. The number of halogens is 1. The Morgan fingerprint density at radius 1 is 1.20 bits per heavy atom. The second-order valence-electron chi connectivity index (χ2n) is 4.77. The zero-order valence-corrected chi connectivity index (χ0v) is 11.2. The number of anilines is 1. The molecule has 1 N–H and O–H groups in total. The van der Waals surface area contributed by atoms with Gasteiger partial charge in [0.15, 0.2) is 5.65 Å². The number of nitrogens with one attached hydrogen (secondary N) is 1. The van der Waals surface area contributed by atoms with Crippen molar-refractivity contribution >= 4 is 16.9 Å². The summed E-state index contributed by atoms with van der Waals surface area (Å²) in [5.74, 6) is 0.363. The van der Waals surface area contributed by atoms with Gasteiger partial charge in [0.25, 0.3) is 0 Å². The largest absolute Gasteiger partial charge is 0.367 e. The summed E-state index contributed by atoms with van der Waals surface area (Å²) in [6.45, 7) is 4.05. The van der Waals surface area contributed by atoms with Crippen LogP contribution < -0.4 is 5.32 Å². The molecular weight excluding hydrogens is 257 g/mol. The van der Waals surface area contributed by atoms with E-state index in [1.54, 1.807) is 24.4 Å². The van der Waals surface area contributed by atoms with Gasteiger partial charge in [-0.15, -0.1) is 0 Å². The Hall–Kier alpha value is -2.50. The van der Waals surface area contributed by atoms with Crippen LogP contribution in [0.5, 0.6) is 0 Å². The van der Waals surface area contributed by atoms with Crippen molar-refractivity contribution in [1.82, 2.24) is 19.7 Å². The molecule has 5 nitrogen and oxygen atoms in total. The van der Waals surface area contributed by atoms with Crippen molar-refractivity contribution < 1.29 is 4.39 Å². The molecule has 0 radical (unpaired) electrons. The average Bonchev–Trinajstić information content (AvgIpc) is 2.84. The molecule has 0 amide bonds. The lowest BCUT2D eigenvalue weighted by Gasteiger charge is -2.09. The van der Waals surface area contributed by atoms with E-state index in [0.29, 0.717) is 17.2 Å². The van der Waals surface area contributed by atoms with Crippen LogP contribution in [0, 0.1) is 5.82 Å². The van der Waals surface area contributed by atoms with Gasteiger partial charge in [0.05, 0.1) is 11.6 Å². The number of benzene rings is 1. The van der Waals surface area contributed by atoms with Crippen molar-refractivity contribution in [1.29, 1.82) is 0 Å². The number of para-hydroxylation sites is 1. The standard InChI is InChI=1S/C14H14FN5/c1-9(2)19-13-10-7-18-20(14(10)17-8-16-13)12-6-4-3-5-11(12)15/h3-9H,1-2H3,(H,16,17,19). The molecule has 20 heavy (non-hydrogen) atoms. The number of nitrogens with zero attached hydrogens (tertiary/aromatic N) is 4. The van der Waals surface area contributed by atoms with Crippen LogP contribution in [-0.2, 0) is 0 Å². The lowest BCUT2D eigenvalue weighted by Crippen LogP contribution is -2.11. The van der Waals surface area contributed by atoms with Crippen molar-refractivity contribution in [2.75, 3.05) is 5.32 Å². The zero-order valence-electron chi connectivity index (χ0n) is 11.2. The third-order valence-electron chi connectivity index (χ3n) is 2.87. The average molecular weight is 271 g/mol. The van der Waals surface area contributed by atoms with E-state index in [1.165, 1.54) is 17.1 Å². The van der Waals surface area contributed by atoms with Gasteiger partial charge in [-0.2, -0.15) is 5.10 Å². The normalized spacial score (nSPS) is 11.2. The maximum Gasteiger partial charge on any atom is 0.168 e. The van der Waals surface area contributed by atoms with E-state index in [2.05, 4.69) is 20.4 Å². The first-order valence-electron chi connectivity index (χ1n) is 6.37. The first-order chi connectivity index (χ1) is 9.66. The van der Waals surface area contributed by atoms with Gasteiger partial charge in [-0.05, 0) is 26.0 Å². The number of hydrogen-bond acceptors (Lipinski definition) is 4. The molecule has 0 saturated carbocycles.